The molecule has 0 saturated heterocycles. The van der Waals surface area contributed by atoms with Crippen LogP contribution in [0.15, 0.2) is 47.4 Å². The molecular formula is C31H31F3N4O7S2. The monoisotopic (exact) mass is 692 g/mol. The van der Waals surface area contributed by atoms with Gasteiger partial charge in [-0.25, -0.2) is 14.6 Å². The van der Waals surface area contributed by atoms with Crippen LogP contribution in [0.3, 0.4) is 0 Å². The van der Waals surface area contributed by atoms with Crippen LogP contribution in [0, 0.1) is 6.92 Å². The summed E-state index contributed by atoms with van der Waals surface area (Å²) in [4.78, 5) is 34.6. The number of fused-ring (bicyclic) bond motifs is 2. The molecule has 2 aromatic carbocycles. The number of hydrogen-bond donors (Lipinski definition) is 0. The first-order valence-electron chi connectivity index (χ1n) is 14.2. The second kappa shape index (κ2) is 12.1. The maximum atomic E-state index is 13.6. The van der Waals surface area contributed by atoms with Crippen molar-refractivity contribution in [2.45, 2.75) is 51.8 Å². The van der Waals surface area contributed by atoms with Crippen LogP contribution in [0.4, 0.5) is 13.2 Å². The van der Waals surface area contributed by atoms with Gasteiger partial charge in [0.15, 0.2) is 11.9 Å². The molecule has 5 aromatic rings. The Balaban J connectivity index is 1.71. The zero-order chi connectivity index (χ0) is 34.6. The van der Waals surface area contributed by atoms with E-state index in [2.05, 4.69) is 9.97 Å². The number of carbonyl (C=O) groups is 1. The minimum absolute atomic E-state index is 0.0562. The molecule has 0 aliphatic heterocycles. The summed E-state index contributed by atoms with van der Waals surface area (Å²) in [6, 6.07) is 10.3. The van der Waals surface area contributed by atoms with E-state index in [0.29, 0.717) is 27.3 Å². The number of aryl methyl sites for hydroxylation is 3. The topological polar surface area (TPSA) is 132 Å². The molecule has 16 heteroatoms. The molecule has 1 atom stereocenters. The van der Waals surface area contributed by atoms with Gasteiger partial charge in [0.2, 0.25) is 0 Å². The fourth-order valence-electron chi connectivity index (χ4n) is 5.05. The molecule has 0 bridgehead atoms. The summed E-state index contributed by atoms with van der Waals surface area (Å²) in [5.74, 6) is -1.66. The number of esters is 1. The molecule has 5 rings (SSSR count). The van der Waals surface area contributed by atoms with E-state index < -0.39 is 39.1 Å². The number of rotatable bonds is 8. The van der Waals surface area contributed by atoms with Crippen molar-refractivity contribution in [3.8, 4) is 27.6 Å². The number of pyridine rings is 1. The molecule has 0 N–H and O–H groups in total. The van der Waals surface area contributed by atoms with Crippen molar-refractivity contribution in [2.24, 2.45) is 14.1 Å². The highest BCUT2D eigenvalue weighted by molar-refractivity contribution is 7.88. The molecule has 250 valence electrons. The Morgan fingerprint density at radius 3 is 2.34 bits per heavy atom. The molecule has 0 aliphatic carbocycles. The van der Waals surface area contributed by atoms with E-state index in [1.54, 1.807) is 66.1 Å². The van der Waals surface area contributed by atoms with Crippen LogP contribution in [0.5, 0.6) is 5.75 Å². The second-order valence-electron chi connectivity index (χ2n) is 11.7. The lowest BCUT2D eigenvalue weighted by Gasteiger charge is -2.28. The van der Waals surface area contributed by atoms with Crippen LogP contribution in [0.2, 0.25) is 0 Å². The molecule has 0 unspecified atom stereocenters. The lowest BCUT2D eigenvalue weighted by molar-refractivity contribution is -0.167. The molecule has 0 radical (unpaired) electrons. The smallest absolute Gasteiger partial charge is 0.464 e. The number of imidazole rings is 1. The fourth-order valence-corrected chi connectivity index (χ4v) is 6.63. The maximum absolute atomic E-state index is 13.6. The highest BCUT2D eigenvalue weighted by Gasteiger charge is 2.50. The summed E-state index contributed by atoms with van der Waals surface area (Å²) in [7, 11) is -2.85. The Morgan fingerprint density at radius 2 is 1.70 bits per heavy atom. The van der Waals surface area contributed by atoms with E-state index in [-0.39, 0.29) is 33.6 Å². The SMILES string of the molecule is CCOC(=O)[C@@H](OC(C)(C)C)c1c(C)cc2nc(-c3ccnc(-c4ccc5c(c4)n(C)c(=O)n5C)c3)sc2c1OS(=O)(=O)C(F)(F)F. The molecule has 3 heterocycles. The van der Waals surface area contributed by atoms with Crippen molar-refractivity contribution < 1.29 is 40.0 Å². The molecule has 11 nitrogen and oxygen atoms in total. The van der Waals surface area contributed by atoms with E-state index in [9.17, 15) is 31.2 Å². The molecule has 0 fully saturated rings. The van der Waals surface area contributed by atoms with Gasteiger partial charge in [0.25, 0.3) is 0 Å². The van der Waals surface area contributed by atoms with Gasteiger partial charge < -0.3 is 13.7 Å². The number of halogens is 3. The number of carbonyl (C=O) groups excluding carboxylic acids is 1. The van der Waals surface area contributed by atoms with Gasteiger partial charge in [-0.3, -0.25) is 14.1 Å². The highest BCUT2D eigenvalue weighted by atomic mass is 32.2. The first-order valence-corrected chi connectivity index (χ1v) is 16.5. The van der Waals surface area contributed by atoms with Gasteiger partial charge in [-0.1, -0.05) is 6.07 Å². The van der Waals surface area contributed by atoms with Crippen molar-refractivity contribution in [1.29, 1.82) is 0 Å². The molecule has 0 saturated carbocycles. The van der Waals surface area contributed by atoms with Gasteiger partial charge in [-0.2, -0.15) is 21.6 Å². The third-order valence-corrected chi connectivity index (χ3v) is 9.24. The molecule has 0 amide bonds. The lowest BCUT2D eigenvalue weighted by Crippen LogP contribution is -2.31. The third kappa shape index (κ3) is 6.49. The molecule has 0 spiro atoms. The van der Waals surface area contributed by atoms with Crippen molar-refractivity contribution in [3.05, 3.63) is 64.2 Å². The number of aromatic nitrogens is 4. The van der Waals surface area contributed by atoms with E-state index in [0.717, 1.165) is 16.9 Å². The normalized spacial score (nSPS) is 13.3. The predicted octanol–water partition coefficient (Wildman–Crippen LogP) is 6.17. The Bertz CT molecular complexity index is 2200. The van der Waals surface area contributed by atoms with Gasteiger partial charge in [-0.15, -0.1) is 11.3 Å². The second-order valence-corrected chi connectivity index (χ2v) is 14.2. The van der Waals surface area contributed by atoms with E-state index in [1.165, 1.54) is 28.3 Å². The molecular weight excluding hydrogens is 661 g/mol. The van der Waals surface area contributed by atoms with Crippen LogP contribution in [0.1, 0.15) is 44.9 Å². The summed E-state index contributed by atoms with van der Waals surface area (Å²) in [6.45, 7) is 7.84. The third-order valence-electron chi connectivity index (χ3n) is 7.17. The van der Waals surface area contributed by atoms with Crippen LogP contribution in [-0.4, -0.2) is 51.2 Å². The number of ether oxygens (including phenoxy) is 2. The number of benzene rings is 2. The number of hydrogen-bond acceptors (Lipinski definition) is 10. The van der Waals surface area contributed by atoms with Gasteiger partial charge >= 0.3 is 27.3 Å². The number of alkyl halides is 3. The minimum atomic E-state index is -6.18. The van der Waals surface area contributed by atoms with Gasteiger partial charge in [0.1, 0.15) is 5.01 Å². The Morgan fingerprint density at radius 1 is 1.02 bits per heavy atom. The van der Waals surface area contributed by atoms with E-state index >= 15 is 0 Å². The Kier molecular flexibility index (Phi) is 8.74. The summed E-state index contributed by atoms with van der Waals surface area (Å²) < 4.78 is 84.6. The first kappa shape index (κ1) is 34.1. The van der Waals surface area contributed by atoms with Gasteiger partial charge in [0.05, 0.1) is 39.2 Å². The maximum Gasteiger partial charge on any atom is 0.534 e. The van der Waals surface area contributed by atoms with Crippen LogP contribution in [-0.2, 0) is 38.5 Å². The van der Waals surface area contributed by atoms with E-state index in [1.807, 2.05) is 6.07 Å². The summed E-state index contributed by atoms with van der Waals surface area (Å²) >= 11 is 0.874. The average Bonchev–Trinajstić information content (AvgIpc) is 3.50. The standard InChI is InChI=1S/C31H31F3N4O7S2/c1-8-43-28(39)25(44-30(3,4)5)23-16(2)13-20-26(24(23)45-47(41,42)31(32,33)34)46-27(36-20)18-11-12-35-19(14-18)17-9-10-21-22(15-17)38(7)29(40)37(21)6/h9-15,25H,8H2,1-7H3/t25-/m0/s1. The number of thiazole rings is 1. The largest absolute Gasteiger partial charge is 0.534 e. The van der Waals surface area contributed by atoms with Gasteiger partial charge in [0, 0.05) is 37.0 Å². The Hall–Kier alpha value is -4.28. The highest BCUT2D eigenvalue weighted by Crippen LogP contribution is 2.46. The van der Waals surface area contributed by atoms with E-state index in [4.69, 9.17) is 13.7 Å². The molecule has 0 aliphatic rings. The van der Waals surface area contributed by atoms with Crippen LogP contribution in [0.25, 0.3) is 43.1 Å². The van der Waals surface area contributed by atoms with Crippen molar-refractivity contribution >= 4 is 48.7 Å². The average molecular weight is 693 g/mol. The molecule has 47 heavy (non-hydrogen) atoms. The summed E-state index contributed by atoms with van der Waals surface area (Å²) in [5.41, 5.74) is -3.70. The minimum Gasteiger partial charge on any atom is -0.464 e. The van der Waals surface area contributed by atoms with Crippen LogP contribution < -0.4 is 9.87 Å². The molecule has 3 aromatic heterocycles. The zero-order valence-corrected chi connectivity index (χ0v) is 28.1. The Labute approximate surface area is 271 Å². The first-order chi connectivity index (χ1) is 21.8. The van der Waals surface area contributed by atoms with Gasteiger partial charge in [-0.05, 0) is 70.5 Å². The van der Waals surface area contributed by atoms with Crippen LogP contribution >= 0.6 is 11.3 Å². The fraction of sp³-hybridized carbons (Fsp3) is 0.355. The zero-order valence-electron chi connectivity index (χ0n) is 26.4. The summed E-state index contributed by atoms with van der Waals surface area (Å²) in [6.07, 6.45) is -0.0964. The number of nitrogens with zero attached hydrogens (tertiary/aromatic N) is 4. The van der Waals surface area contributed by atoms with Crippen molar-refractivity contribution in [1.82, 2.24) is 19.1 Å². The lowest BCUT2D eigenvalue weighted by atomic mass is 10.00. The van der Waals surface area contributed by atoms with Crippen molar-refractivity contribution in [3.63, 3.8) is 0 Å². The predicted molar refractivity (Wildman–Crippen MR) is 171 cm³/mol. The van der Waals surface area contributed by atoms with Crippen molar-refractivity contribution in [2.75, 3.05) is 6.61 Å². The summed E-state index contributed by atoms with van der Waals surface area (Å²) in [5, 5.41) is 0.312. The quantitative estimate of drug-likeness (QED) is 0.106.